The summed E-state index contributed by atoms with van der Waals surface area (Å²) >= 11 is 11.8. The molecule has 0 atom stereocenters. The molecule has 7 heteroatoms. The zero-order valence-electron chi connectivity index (χ0n) is 9.31. The molecule has 1 heterocycles. The van der Waals surface area contributed by atoms with E-state index >= 15 is 0 Å². The van der Waals surface area contributed by atoms with Gasteiger partial charge in [-0.15, -0.1) is 0 Å². The van der Waals surface area contributed by atoms with Crippen molar-refractivity contribution in [2.45, 2.75) is 0 Å². The van der Waals surface area contributed by atoms with Crippen LogP contribution in [-0.2, 0) is 0 Å². The number of aromatic carboxylic acids is 1. The van der Waals surface area contributed by atoms with Crippen LogP contribution in [0.25, 0.3) is 0 Å². The molecule has 2 N–H and O–H groups in total. The molecule has 0 fully saturated rings. The fraction of sp³-hybridized carbons (Fsp3) is 0. The zero-order valence-corrected chi connectivity index (χ0v) is 10.8. The third-order valence-corrected chi connectivity index (χ3v) is 2.87. The lowest BCUT2D eigenvalue weighted by atomic mass is 10.2. The maximum atomic E-state index is 11.8. The van der Waals surface area contributed by atoms with Crippen molar-refractivity contribution in [2.24, 2.45) is 0 Å². The molecule has 2 rings (SSSR count). The molecule has 0 aliphatic carbocycles. The van der Waals surface area contributed by atoms with Gasteiger partial charge in [-0.25, -0.2) is 4.79 Å². The Labute approximate surface area is 117 Å². The largest absolute Gasteiger partial charge is 0.478 e. The number of carbonyl (C=O) groups excluding carboxylic acids is 1. The van der Waals surface area contributed by atoms with E-state index in [4.69, 9.17) is 32.7 Å². The molecule has 0 radical (unpaired) electrons. The van der Waals surface area contributed by atoms with E-state index in [9.17, 15) is 9.59 Å². The van der Waals surface area contributed by atoms with Crippen molar-refractivity contribution in [3.05, 3.63) is 51.9 Å². The minimum absolute atomic E-state index is 0.0322. The van der Waals surface area contributed by atoms with Crippen LogP contribution in [0.4, 0.5) is 5.69 Å². The fourth-order valence-electron chi connectivity index (χ4n) is 1.40. The number of carbonyl (C=O) groups is 2. The predicted octanol–water partition coefficient (Wildman–Crippen LogP) is 3.54. The minimum Gasteiger partial charge on any atom is -0.478 e. The smallest absolute Gasteiger partial charge is 0.335 e. The highest BCUT2D eigenvalue weighted by Crippen LogP contribution is 2.32. The molecular formula is C12H7Cl2NO4. The van der Waals surface area contributed by atoms with Crippen molar-refractivity contribution in [3.63, 3.8) is 0 Å². The standard InChI is InChI=1S/C12H7Cl2NO4/c13-7-4-6(12(17)18)5-8(14)10(7)15-11(16)9-2-1-3-19-9/h1-5H,(H,15,16)(H,17,18). The molecule has 1 aromatic heterocycles. The van der Waals surface area contributed by atoms with Crippen molar-refractivity contribution in [2.75, 3.05) is 5.32 Å². The average Bonchev–Trinajstić information content (AvgIpc) is 2.86. The average molecular weight is 300 g/mol. The van der Waals surface area contributed by atoms with E-state index in [1.807, 2.05) is 0 Å². The van der Waals surface area contributed by atoms with E-state index in [1.165, 1.54) is 24.5 Å². The van der Waals surface area contributed by atoms with E-state index in [2.05, 4.69) is 5.32 Å². The highest BCUT2D eigenvalue weighted by atomic mass is 35.5. The van der Waals surface area contributed by atoms with Crippen LogP contribution in [0.15, 0.2) is 34.9 Å². The molecule has 19 heavy (non-hydrogen) atoms. The predicted molar refractivity (Wildman–Crippen MR) is 70.1 cm³/mol. The number of amides is 1. The maximum absolute atomic E-state index is 11.8. The van der Waals surface area contributed by atoms with Crippen LogP contribution in [0.3, 0.4) is 0 Å². The molecule has 98 valence electrons. The van der Waals surface area contributed by atoms with Crippen LogP contribution in [0.5, 0.6) is 0 Å². The summed E-state index contributed by atoms with van der Waals surface area (Å²) in [4.78, 5) is 22.6. The van der Waals surface area contributed by atoms with Gasteiger partial charge in [0.1, 0.15) is 0 Å². The van der Waals surface area contributed by atoms with E-state index in [1.54, 1.807) is 6.07 Å². The topological polar surface area (TPSA) is 79.5 Å². The van der Waals surface area contributed by atoms with Crippen molar-refractivity contribution in [1.82, 2.24) is 0 Å². The van der Waals surface area contributed by atoms with E-state index in [0.717, 1.165) is 0 Å². The third kappa shape index (κ3) is 2.89. The second-order valence-corrected chi connectivity index (χ2v) is 4.37. The number of halogens is 2. The monoisotopic (exact) mass is 299 g/mol. The molecule has 0 bridgehead atoms. The molecule has 0 saturated heterocycles. The summed E-state index contributed by atoms with van der Waals surface area (Å²) in [6, 6.07) is 5.44. The van der Waals surface area contributed by atoms with Gasteiger partial charge < -0.3 is 14.8 Å². The number of benzene rings is 1. The number of rotatable bonds is 3. The van der Waals surface area contributed by atoms with E-state index in [-0.39, 0.29) is 27.1 Å². The van der Waals surface area contributed by atoms with Gasteiger partial charge in [0.15, 0.2) is 5.76 Å². The second-order valence-electron chi connectivity index (χ2n) is 3.55. The normalized spacial score (nSPS) is 10.2. The van der Waals surface area contributed by atoms with Crippen molar-refractivity contribution >= 4 is 40.8 Å². The molecule has 1 amide bonds. The van der Waals surface area contributed by atoms with Crippen molar-refractivity contribution < 1.29 is 19.1 Å². The van der Waals surface area contributed by atoms with Crippen molar-refractivity contribution in [3.8, 4) is 0 Å². The number of hydrogen-bond acceptors (Lipinski definition) is 3. The van der Waals surface area contributed by atoms with Gasteiger partial charge in [0, 0.05) is 0 Å². The van der Waals surface area contributed by atoms with Crippen LogP contribution >= 0.6 is 23.2 Å². The molecule has 0 aliphatic heterocycles. The summed E-state index contributed by atoms with van der Waals surface area (Å²) in [5.74, 6) is -1.60. The van der Waals surface area contributed by atoms with Gasteiger partial charge in [-0.1, -0.05) is 23.2 Å². The Morgan fingerprint density at radius 1 is 1.21 bits per heavy atom. The highest BCUT2D eigenvalue weighted by Gasteiger charge is 2.16. The van der Waals surface area contributed by atoms with Crippen LogP contribution in [0.2, 0.25) is 10.0 Å². The Balaban J connectivity index is 2.31. The van der Waals surface area contributed by atoms with Crippen LogP contribution in [-0.4, -0.2) is 17.0 Å². The summed E-state index contributed by atoms with van der Waals surface area (Å²) < 4.78 is 4.92. The van der Waals surface area contributed by atoms with Crippen LogP contribution in [0, 0.1) is 0 Å². The fourth-order valence-corrected chi connectivity index (χ4v) is 1.98. The number of carboxylic acid groups (broad SMARTS) is 1. The van der Waals surface area contributed by atoms with Gasteiger partial charge in [-0.2, -0.15) is 0 Å². The molecule has 2 aromatic rings. The van der Waals surface area contributed by atoms with Crippen molar-refractivity contribution in [1.29, 1.82) is 0 Å². The summed E-state index contributed by atoms with van der Waals surface area (Å²) in [6.07, 6.45) is 1.35. The van der Waals surface area contributed by atoms with Gasteiger partial charge in [0.05, 0.1) is 27.6 Å². The Hall–Kier alpha value is -1.98. The lowest BCUT2D eigenvalue weighted by Gasteiger charge is -2.09. The number of carboxylic acids is 1. The third-order valence-electron chi connectivity index (χ3n) is 2.27. The molecule has 0 unspecified atom stereocenters. The highest BCUT2D eigenvalue weighted by molar-refractivity contribution is 6.40. The lowest BCUT2D eigenvalue weighted by molar-refractivity contribution is 0.0696. The molecule has 0 aliphatic rings. The Bertz CT molecular complexity index is 614. The molecule has 5 nitrogen and oxygen atoms in total. The summed E-state index contributed by atoms with van der Waals surface area (Å²) in [5, 5.41) is 11.4. The second kappa shape index (κ2) is 5.34. The van der Waals surface area contributed by atoms with Gasteiger partial charge in [0.2, 0.25) is 0 Å². The Kier molecular flexibility index (Phi) is 3.78. The summed E-state index contributed by atoms with van der Waals surface area (Å²) in [5.41, 5.74) is 0.0701. The van der Waals surface area contributed by atoms with Gasteiger partial charge in [-0.05, 0) is 24.3 Å². The number of hydrogen-bond donors (Lipinski definition) is 2. The van der Waals surface area contributed by atoms with Crippen LogP contribution in [0.1, 0.15) is 20.9 Å². The van der Waals surface area contributed by atoms with Gasteiger partial charge >= 0.3 is 5.97 Å². The Morgan fingerprint density at radius 3 is 2.32 bits per heavy atom. The number of anilines is 1. The zero-order chi connectivity index (χ0) is 14.0. The quantitative estimate of drug-likeness (QED) is 0.908. The van der Waals surface area contributed by atoms with E-state index < -0.39 is 11.9 Å². The Morgan fingerprint density at radius 2 is 1.84 bits per heavy atom. The first-order valence-electron chi connectivity index (χ1n) is 5.06. The van der Waals surface area contributed by atoms with Gasteiger partial charge in [-0.3, -0.25) is 4.79 Å². The first-order valence-corrected chi connectivity index (χ1v) is 5.82. The number of furan rings is 1. The number of nitrogens with one attached hydrogen (secondary N) is 1. The molecule has 0 spiro atoms. The summed E-state index contributed by atoms with van der Waals surface area (Å²) in [7, 11) is 0. The molecule has 1 aromatic carbocycles. The van der Waals surface area contributed by atoms with Crippen LogP contribution < -0.4 is 5.32 Å². The first-order chi connectivity index (χ1) is 8.99. The SMILES string of the molecule is O=C(O)c1cc(Cl)c(NC(=O)c2ccco2)c(Cl)c1. The minimum atomic E-state index is -1.16. The maximum Gasteiger partial charge on any atom is 0.335 e. The lowest BCUT2D eigenvalue weighted by Crippen LogP contribution is -2.12. The molecular weight excluding hydrogens is 293 g/mol. The molecule has 0 saturated carbocycles. The first kappa shape index (κ1) is 13.5. The summed E-state index contributed by atoms with van der Waals surface area (Å²) in [6.45, 7) is 0. The van der Waals surface area contributed by atoms with Gasteiger partial charge in [0.25, 0.3) is 5.91 Å². The van der Waals surface area contributed by atoms with E-state index in [0.29, 0.717) is 0 Å².